The first-order valence-corrected chi connectivity index (χ1v) is 8.58. The van der Waals surface area contributed by atoms with Gasteiger partial charge in [-0.25, -0.2) is 4.39 Å². The Kier molecular flexibility index (Phi) is 4.27. The van der Waals surface area contributed by atoms with Crippen molar-refractivity contribution in [3.63, 3.8) is 0 Å². The van der Waals surface area contributed by atoms with Crippen LogP contribution in [0.5, 0.6) is 0 Å². The molecule has 0 saturated heterocycles. The second kappa shape index (κ2) is 6.77. The van der Waals surface area contributed by atoms with Gasteiger partial charge < -0.3 is 9.73 Å². The number of aryl methyl sites for hydroxylation is 1. The van der Waals surface area contributed by atoms with E-state index in [2.05, 4.69) is 10.3 Å². The van der Waals surface area contributed by atoms with E-state index in [-0.39, 0.29) is 17.3 Å². The summed E-state index contributed by atoms with van der Waals surface area (Å²) in [5.41, 5.74) is 2.37. The van der Waals surface area contributed by atoms with Gasteiger partial charge in [0, 0.05) is 29.9 Å². The lowest BCUT2D eigenvalue weighted by atomic mass is 10.0. The summed E-state index contributed by atoms with van der Waals surface area (Å²) in [6, 6.07) is 10.9. The number of amides is 1. The van der Waals surface area contributed by atoms with Gasteiger partial charge in [-0.3, -0.25) is 19.1 Å². The van der Waals surface area contributed by atoms with Crippen LogP contribution in [0.4, 0.5) is 4.39 Å². The molecule has 6 nitrogen and oxygen atoms in total. The number of nitrogens with zero attached hydrogens (tertiary/aromatic N) is 2. The Hall–Kier alpha value is -3.74. The van der Waals surface area contributed by atoms with Gasteiger partial charge in [0.2, 0.25) is 0 Å². The summed E-state index contributed by atoms with van der Waals surface area (Å²) in [5.74, 6) is -0.380. The number of rotatable bonds is 3. The maximum atomic E-state index is 13.3. The number of aromatic nitrogens is 2. The van der Waals surface area contributed by atoms with E-state index in [0.717, 1.165) is 0 Å². The molecule has 0 saturated carbocycles. The SMILES string of the molecule is CNC(=O)c1c(-c2ccc(F)cc2)oc2ccc(-n3cc(C)ncc3=O)cc12. The maximum Gasteiger partial charge on any atom is 0.273 e. The molecule has 4 rings (SSSR count). The molecular formula is C21H16FN3O3. The highest BCUT2D eigenvalue weighted by Crippen LogP contribution is 2.34. The molecular weight excluding hydrogens is 361 g/mol. The number of halogens is 1. The van der Waals surface area contributed by atoms with E-state index in [1.807, 2.05) is 0 Å². The van der Waals surface area contributed by atoms with Crippen LogP contribution in [0.2, 0.25) is 0 Å². The Balaban J connectivity index is 1.98. The Bertz CT molecular complexity index is 1260. The Morgan fingerprint density at radius 1 is 1.18 bits per heavy atom. The number of hydrogen-bond donors (Lipinski definition) is 1. The average Bonchev–Trinajstić information content (AvgIpc) is 3.08. The standard InChI is InChI=1S/C21H16FN3O3/c1-12-11-25(18(26)10-24-12)15-7-8-17-16(9-15)19(21(27)23-2)20(28-17)13-3-5-14(22)6-4-13/h3-11H,1-2H3,(H,23,27). The van der Waals surface area contributed by atoms with Crippen LogP contribution in [0.25, 0.3) is 28.0 Å². The smallest absolute Gasteiger partial charge is 0.273 e. The highest BCUT2D eigenvalue weighted by atomic mass is 19.1. The fourth-order valence-electron chi connectivity index (χ4n) is 3.10. The van der Waals surface area contributed by atoms with Crippen LogP contribution in [-0.2, 0) is 0 Å². The molecule has 0 bridgehead atoms. The second-order valence-corrected chi connectivity index (χ2v) is 6.31. The molecule has 2 heterocycles. The first-order valence-electron chi connectivity index (χ1n) is 8.58. The van der Waals surface area contributed by atoms with Gasteiger partial charge in [-0.1, -0.05) is 0 Å². The Morgan fingerprint density at radius 3 is 2.64 bits per heavy atom. The predicted molar refractivity (Wildman–Crippen MR) is 103 cm³/mol. The van der Waals surface area contributed by atoms with Gasteiger partial charge in [0.05, 0.1) is 17.5 Å². The van der Waals surface area contributed by atoms with Gasteiger partial charge in [0.25, 0.3) is 11.5 Å². The van der Waals surface area contributed by atoms with E-state index in [4.69, 9.17) is 4.42 Å². The fraction of sp³-hybridized carbons (Fsp3) is 0.0952. The zero-order chi connectivity index (χ0) is 19.8. The molecule has 2 aromatic heterocycles. The highest BCUT2D eigenvalue weighted by Gasteiger charge is 2.22. The Labute approximate surface area is 159 Å². The number of hydrogen-bond acceptors (Lipinski definition) is 4. The van der Waals surface area contributed by atoms with Gasteiger partial charge in [-0.2, -0.15) is 0 Å². The van der Waals surface area contributed by atoms with Crippen molar-refractivity contribution < 1.29 is 13.6 Å². The van der Waals surface area contributed by atoms with Crippen LogP contribution in [0, 0.1) is 12.7 Å². The van der Waals surface area contributed by atoms with E-state index in [9.17, 15) is 14.0 Å². The topological polar surface area (TPSA) is 77.1 Å². The number of carbonyl (C=O) groups excluding carboxylic acids is 1. The summed E-state index contributed by atoms with van der Waals surface area (Å²) in [6.45, 7) is 1.79. The number of furan rings is 1. The molecule has 0 spiro atoms. The number of carbonyl (C=O) groups is 1. The Morgan fingerprint density at radius 2 is 1.93 bits per heavy atom. The fourth-order valence-corrected chi connectivity index (χ4v) is 3.10. The summed E-state index contributed by atoms with van der Waals surface area (Å²) in [4.78, 5) is 28.8. The number of nitrogens with one attached hydrogen (secondary N) is 1. The zero-order valence-electron chi connectivity index (χ0n) is 15.2. The van der Waals surface area contributed by atoms with Crippen molar-refractivity contribution in [1.29, 1.82) is 0 Å². The number of benzene rings is 2. The molecule has 0 unspecified atom stereocenters. The average molecular weight is 377 g/mol. The third kappa shape index (κ3) is 2.96. The van der Waals surface area contributed by atoms with Crippen molar-refractivity contribution in [2.75, 3.05) is 7.05 Å². The van der Waals surface area contributed by atoms with Crippen LogP contribution in [0.15, 0.2) is 64.1 Å². The maximum absolute atomic E-state index is 13.3. The molecule has 28 heavy (non-hydrogen) atoms. The molecule has 4 aromatic rings. The predicted octanol–water partition coefficient (Wildman–Crippen LogP) is 3.45. The largest absolute Gasteiger partial charge is 0.455 e. The summed E-state index contributed by atoms with van der Waals surface area (Å²) >= 11 is 0. The highest BCUT2D eigenvalue weighted by molar-refractivity contribution is 6.11. The third-order valence-corrected chi connectivity index (χ3v) is 4.44. The molecule has 1 N–H and O–H groups in total. The minimum atomic E-state index is -0.379. The molecule has 0 aliphatic rings. The molecule has 0 fully saturated rings. The molecule has 7 heteroatoms. The van der Waals surface area contributed by atoms with Crippen LogP contribution < -0.4 is 10.9 Å². The van der Waals surface area contributed by atoms with Crippen LogP contribution in [-0.4, -0.2) is 22.5 Å². The van der Waals surface area contributed by atoms with Crippen LogP contribution >= 0.6 is 0 Å². The molecule has 1 amide bonds. The van der Waals surface area contributed by atoms with Crippen molar-refractivity contribution in [3.05, 3.63) is 82.3 Å². The lowest BCUT2D eigenvalue weighted by Crippen LogP contribution is -2.19. The van der Waals surface area contributed by atoms with E-state index in [1.165, 1.54) is 29.9 Å². The van der Waals surface area contributed by atoms with E-state index >= 15 is 0 Å². The first-order chi connectivity index (χ1) is 13.5. The normalized spacial score (nSPS) is 11.0. The molecule has 0 radical (unpaired) electrons. The van der Waals surface area contributed by atoms with Crippen molar-refractivity contribution in [2.45, 2.75) is 6.92 Å². The summed E-state index contributed by atoms with van der Waals surface area (Å²) in [7, 11) is 1.52. The first kappa shape index (κ1) is 17.7. The minimum Gasteiger partial charge on any atom is -0.455 e. The van der Waals surface area contributed by atoms with E-state index in [0.29, 0.717) is 39.2 Å². The second-order valence-electron chi connectivity index (χ2n) is 6.31. The molecule has 2 aromatic carbocycles. The summed E-state index contributed by atoms with van der Waals surface area (Å²) in [6.07, 6.45) is 2.88. The quantitative estimate of drug-likeness (QED) is 0.593. The summed E-state index contributed by atoms with van der Waals surface area (Å²) < 4.78 is 20.7. The van der Waals surface area contributed by atoms with Crippen molar-refractivity contribution in [2.24, 2.45) is 0 Å². The molecule has 0 aliphatic carbocycles. The molecule has 0 atom stereocenters. The minimum absolute atomic E-state index is 0.284. The van der Waals surface area contributed by atoms with Crippen LogP contribution in [0.3, 0.4) is 0 Å². The van der Waals surface area contributed by atoms with E-state index in [1.54, 1.807) is 43.5 Å². The summed E-state index contributed by atoms with van der Waals surface area (Å²) in [5, 5.41) is 3.16. The molecule has 0 aliphatic heterocycles. The van der Waals surface area contributed by atoms with Crippen molar-refractivity contribution >= 4 is 16.9 Å². The lowest BCUT2D eigenvalue weighted by molar-refractivity contribution is 0.0964. The van der Waals surface area contributed by atoms with Gasteiger partial charge in [-0.15, -0.1) is 0 Å². The molecule has 140 valence electrons. The monoisotopic (exact) mass is 377 g/mol. The van der Waals surface area contributed by atoms with E-state index < -0.39 is 0 Å². The van der Waals surface area contributed by atoms with Gasteiger partial charge in [0.15, 0.2) is 0 Å². The van der Waals surface area contributed by atoms with Crippen molar-refractivity contribution in [1.82, 2.24) is 14.9 Å². The van der Waals surface area contributed by atoms with Crippen LogP contribution in [0.1, 0.15) is 16.1 Å². The lowest BCUT2D eigenvalue weighted by Gasteiger charge is -2.06. The van der Waals surface area contributed by atoms with Gasteiger partial charge in [-0.05, 0) is 49.4 Å². The van der Waals surface area contributed by atoms with Crippen molar-refractivity contribution in [3.8, 4) is 17.0 Å². The third-order valence-electron chi connectivity index (χ3n) is 4.44. The van der Waals surface area contributed by atoms with Gasteiger partial charge >= 0.3 is 0 Å². The van der Waals surface area contributed by atoms with Gasteiger partial charge in [0.1, 0.15) is 17.2 Å². The zero-order valence-corrected chi connectivity index (χ0v) is 15.2. The number of fused-ring (bicyclic) bond motifs is 1.